The second kappa shape index (κ2) is 3.25. The van der Waals surface area contributed by atoms with Gasteiger partial charge in [-0.1, -0.05) is 0 Å². The molecule has 0 aromatic carbocycles. The van der Waals surface area contributed by atoms with E-state index in [1.165, 1.54) is 4.88 Å². The summed E-state index contributed by atoms with van der Waals surface area (Å²) in [4.78, 5) is 5.41. The summed E-state index contributed by atoms with van der Waals surface area (Å²) in [6.07, 6.45) is 6.02. The maximum absolute atomic E-state index is 4.41. The largest absolute Gasteiger partial charge is 0.316 e. The van der Waals surface area contributed by atoms with Crippen LogP contribution in [-0.2, 0) is 0 Å². The van der Waals surface area contributed by atoms with Gasteiger partial charge >= 0.3 is 0 Å². The summed E-state index contributed by atoms with van der Waals surface area (Å²) in [7, 11) is -0.971. The van der Waals surface area contributed by atoms with Crippen molar-refractivity contribution >= 4 is 37.4 Å². The highest BCUT2D eigenvalue weighted by molar-refractivity contribution is 8.87. The van der Waals surface area contributed by atoms with Crippen molar-refractivity contribution < 1.29 is 0 Å². The standard InChI is InChI=1S/C6H12N2S3/c1-5-4-7-6(10-5)8-11(2,3)9/h4,9H,1-3H3,(H,7,8). The van der Waals surface area contributed by atoms with Gasteiger partial charge in [0.2, 0.25) is 0 Å². The van der Waals surface area contributed by atoms with Crippen LogP contribution in [0.25, 0.3) is 0 Å². The molecule has 0 fully saturated rings. The quantitative estimate of drug-likeness (QED) is 0.577. The first-order valence-corrected chi connectivity index (χ1v) is 7.45. The van der Waals surface area contributed by atoms with Crippen LogP contribution < -0.4 is 4.72 Å². The highest BCUT2D eigenvalue weighted by Crippen LogP contribution is 2.44. The molecule has 0 saturated carbocycles. The monoisotopic (exact) mass is 208 g/mol. The Morgan fingerprint density at radius 3 is 2.64 bits per heavy atom. The summed E-state index contributed by atoms with van der Waals surface area (Å²) in [6.45, 7) is 2.05. The highest BCUT2D eigenvalue weighted by atomic mass is 33.1. The molecular weight excluding hydrogens is 196 g/mol. The smallest absolute Gasteiger partial charge is 0.192 e. The molecule has 1 aromatic rings. The van der Waals surface area contributed by atoms with Gasteiger partial charge in [-0.05, 0) is 19.4 Å². The van der Waals surface area contributed by atoms with Crippen LogP contribution in [0.15, 0.2) is 6.20 Å². The van der Waals surface area contributed by atoms with Gasteiger partial charge in [-0.3, -0.25) is 0 Å². The minimum Gasteiger partial charge on any atom is -0.316 e. The molecule has 0 spiro atoms. The maximum Gasteiger partial charge on any atom is 0.192 e. The summed E-state index contributed by atoms with van der Waals surface area (Å²) in [6, 6.07) is 0. The molecule has 0 bridgehead atoms. The number of thiol groups is 1. The molecule has 5 heteroatoms. The molecule has 11 heavy (non-hydrogen) atoms. The van der Waals surface area contributed by atoms with Gasteiger partial charge in [0.05, 0.1) is 0 Å². The van der Waals surface area contributed by atoms with Crippen molar-refractivity contribution in [3.05, 3.63) is 11.1 Å². The van der Waals surface area contributed by atoms with E-state index in [9.17, 15) is 0 Å². The molecule has 0 aliphatic rings. The van der Waals surface area contributed by atoms with Crippen molar-refractivity contribution in [2.45, 2.75) is 6.92 Å². The second-order valence-corrected chi connectivity index (χ2v) is 9.37. The molecule has 0 radical (unpaired) electrons. The summed E-state index contributed by atoms with van der Waals surface area (Å²) < 4.78 is 3.26. The van der Waals surface area contributed by atoms with Gasteiger partial charge < -0.3 is 4.72 Å². The Kier molecular flexibility index (Phi) is 2.72. The van der Waals surface area contributed by atoms with Crippen LogP contribution in [0.5, 0.6) is 0 Å². The highest BCUT2D eigenvalue weighted by Gasteiger charge is 2.06. The third-order valence-electron chi connectivity index (χ3n) is 0.958. The van der Waals surface area contributed by atoms with Gasteiger partial charge in [0.15, 0.2) is 5.13 Å². The molecule has 0 unspecified atom stereocenters. The maximum atomic E-state index is 4.41. The topological polar surface area (TPSA) is 24.9 Å². The third-order valence-corrected chi connectivity index (χ3v) is 2.88. The van der Waals surface area contributed by atoms with Gasteiger partial charge in [-0.15, -0.1) is 32.2 Å². The van der Waals surface area contributed by atoms with Crippen molar-refractivity contribution in [2.24, 2.45) is 0 Å². The molecule has 0 saturated heterocycles. The number of nitrogens with one attached hydrogen (secondary N) is 1. The number of rotatable bonds is 2. The molecule has 0 amide bonds. The van der Waals surface area contributed by atoms with Crippen molar-refractivity contribution in [2.75, 3.05) is 17.2 Å². The van der Waals surface area contributed by atoms with Crippen LogP contribution in [0.3, 0.4) is 0 Å². The number of thiazole rings is 1. The summed E-state index contributed by atoms with van der Waals surface area (Å²) in [5.41, 5.74) is 0. The van der Waals surface area contributed by atoms with Crippen molar-refractivity contribution in [1.82, 2.24) is 4.98 Å². The van der Waals surface area contributed by atoms with Gasteiger partial charge in [-0.25, -0.2) is 4.98 Å². The van der Waals surface area contributed by atoms with E-state index in [0.29, 0.717) is 0 Å². The first-order valence-electron chi connectivity index (χ1n) is 3.13. The zero-order valence-electron chi connectivity index (χ0n) is 6.79. The summed E-state index contributed by atoms with van der Waals surface area (Å²) in [5, 5.41) is 0.970. The van der Waals surface area contributed by atoms with Gasteiger partial charge in [-0.2, -0.15) is 0 Å². The van der Waals surface area contributed by atoms with E-state index in [1.54, 1.807) is 11.3 Å². The molecule has 1 rings (SSSR count). The van der Waals surface area contributed by atoms with E-state index >= 15 is 0 Å². The number of nitrogens with zero attached hydrogens (tertiary/aromatic N) is 1. The molecule has 1 N–H and O–H groups in total. The lowest BCUT2D eigenvalue weighted by Crippen LogP contribution is -1.99. The SMILES string of the molecule is Cc1cnc(NS(C)(C)S)s1. The van der Waals surface area contributed by atoms with Crippen LogP contribution in [0, 0.1) is 6.92 Å². The molecule has 0 aliphatic carbocycles. The molecule has 0 atom stereocenters. The van der Waals surface area contributed by atoms with E-state index < -0.39 is 9.25 Å². The molecule has 0 aliphatic heterocycles. The molecular formula is C6H12N2S3. The van der Waals surface area contributed by atoms with E-state index in [2.05, 4.69) is 33.9 Å². The van der Waals surface area contributed by atoms with Gasteiger partial charge in [0.25, 0.3) is 0 Å². The van der Waals surface area contributed by atoms with E-state index in [0.717, 1.165) is 5.13 Å². The van der Waals surface area contributed by atoms with Crippen molar-refractivity contribution in [1.29, 1.82) is 0 Å². The molecule has 1 heterocycles. The lowest BCUT2D eigenvalue weighted by Gasteiger charge is -2.24. The van der Waals surface area contributed by atoms with Crippen molar-refractivity contribution in [3.63, 3.8) is 0 Å². The number of aryl methyl sites for hydroxylation is 1. The Labute approximate surface area is 77.7 Å². The number of hydrogen-bond donors (Lipinski definition) is 2. The number of hydrogen-bond acceptors (Lipinski definition) is 4. The Morgan fingerprint density at radius 2 is 2.27 bits per heavy atom. The number of aromatic nitrogens is 1. The second-order valence-electron chi connectivity index (χ2n) is 2.65. The van der Waals surface area contributed by atoms with E-state index in [-0.39, 0.29) is 0 Å². The minimum absolute atomic E-state index is 0.970. The van der Waals surface area contributed by atoms with Gasteiger partial charge in [0.1, 0.15) is 0 Å². The summed E-state index contributed by atoms with van der Waals surface area (Å²) >= 11 is 6.08. The Hall–Kier alpha value is 0.130. The fourth-order valence-corrected chi connectivity index (χ4v) is 2.85. The van der Waals surface area contributed by atoms with Crippen LogP contribution >= 0.6 is 32.2 Å². The third kappa shape index (κ3) is 3.35. The number of anilines is 1. The zero-order chi connectivity index (χ0) is 8.48. The van der Waals surface area contributed by atoms with Crippen LogP contribution in [-0.4, -0.2) is 17.5 Å². The normalized spacial score (nSPS) is 13.1. The van der Waals surface area contributed by atoms with Crippen LogP contribution in [0.1, 0.15) is 4.88 Å². The predicted octanol–water partition coefficient (Wildman–Crippen LogP) is 2.69. The average molecular weight is 208 g/mol. The van der Waals surface area contributed by atoms with Gasteiger partial charge in [0, 0.05) is 11.1 Å². The Balaban J connectivity index is 2.65. The first-order chi connectivity index (χ1) is 4.97. The average Bonchev–Trinajstić information content (AvgIpc) is 2.10. The molecule has 1 aromatic heterocycles. The van der Waals surface area contributed by atoms with E-state index in [1.807, 2.05) is 13.1 Å². The predicted molar refractivity (Wildman–Crippen MR) is 58.9 cm³/mol. The lowest BCUT2D eigenvalue weighted by atomic mass is 10.7. The minimum atomic E-state index is -0.971. The van der Waals surface area contributed by atoms with Crippen molar-refractivity contribution in [3.8, 4) is 0 Å². The lowest BCUT2D eigenvalue weighted by molar-refractivity contribution is 1.39. The summed E-state index contributed by atoms with van der Waals surface area (Å²) in [5.74, 6) is 0. The van der Waals surface area contributed by atoms with E-state index in [4.69, 9.17) is 0 Å². The fourth-order valence-electron chi connectivity index (χ4n) is 0.616. The Morgan fingerprint density at radius 1 is 1.64 bits per heavy atom. The first kappa shape index (κ1) is 9.22. The fraction of sp³-hybridized carbons (Fsp3) is 0.500. The van der Waals surface area contributed by atoms with Crippen LogP contribution in [0.4, 0.5) is 5.13 Å². The molecule has 2 nitrogen and oxygen atoms in total. The zero-order valence-corrected chi connectivity index (χ0v) is 9.32. The van der Waals surface area contributed by atoms with Crippen LogP contribution in [0.2, 0.25) is 0 Å². The Bertz CT molecular complexity index is 238. The molecule has 64 valence electrons.